The van der Waals surface area contributed by atoms with Gasteiger partial charge in [0.2, 0.25) is 5.91 Å². The SMILES string of the molecule is Cc1cc(F)ccc1[C@H]1C[C@H](N2CCN(C)C(=O)C2)CCN1C(=O)O. The second-order valence-electron chi connectivity index (χ2n) is 6.96. The molecule has 2 aliphatic heterocycles. The third kappa shape index (κ3) is 3.61. The molecule has 7 heteroatoms. The fourth-order valence-corrected chi connectivity index (χ4v) is 3.90. The molecule has 2 amide bonds. The zero-order chi connectivity index (χ0) is 18.1. The van der Waals surface area contributed by atoms with Gasteiger partial charge in [-0.15, -0.1) is 0 Å². The van der Waals surface area contributed by atoms with Gasteiger partial charge in [-0.3, -0.25) is 9.69 Å². The molecule has 0 unspecified atom stereocenters. The summed E-state index contributed by atoms with van der Waals surface area (Å²) in [5.74, 6) is -0.221. The van der Waals surface area contributed by atoms with Gasteiger partial charge in [0.25, 0.3) is 0 Å². The number of halogens is 1. The van der Waals surface area contributed by atoms with Crippen LogP contribution in [0.2, 0.25) is 0 Å². The maximum absolute atomic E-state index is 13.4. The van der Waals surface area contributed by atoms with E-state index in [0.29, 0.717) is 32.5 Å². The van der Waals surface area contributed by atoms with Gasteiger partial charge in [-0.1, -0.05) is 6.07 Å². The van der Waals surface area contributed by atoms with Gasteiger partial charge < -0.3 is 14.9 Å². The number of carbonyl (C=O) groups is 2. The molecule has 1 aromatic carbocycles. The zero-order valence-electron chi connectivity index (χ0n) is 14.6. The smallest absolute Gasteiger partial charge is 0.407 e. The first-order chi connectivity index (χ1) is 11.9. The Morgan fingerprint density at radius 2 is 2.04 bits per heavy atom. The normalized spacial score (nSPS) is 25.3. The molecule has 1 aromatic rings. The monoisotopic (exact) mass is 349 g/mol. The average Bonchev–Trinajstić information content (AvgIpc) is 2.57. The summed E-state index contributed by atoms with van der Waals surface area (Å²) >= 11 is 0. The summed E-state index contributed by atoms with van der Waals surface area (Å²) < 4.78 is 13.4. The summed E-state index contributed by atoms with van der Waals surface area (Å²) in [5, 5.41) is 9.57. The van der Waals surface area contributed by atoms with Crippen LogP contribution in [-0.2, 0) is 4.79 Å². The van der Waals surface area contributed by atoms with E-state index in [9.17, 15) is 19.1 Å². The Morgan fingerprint density at radius 1 is 1.28 bits per heavy atom. The third-order valence-corrected chi connectivity index (χ3v) is 5.41. The first-order valence-corrected chi connectivity index (χ1v) is 8.60. The quantitative estimate of drug-likeness (QED) is 0.888. The molecule has 0 spiro atoms. The minimum Gasteiger partial charge on any atom is -0.465 e. The lowest BCUT2D eigenvalue weighted by Crippen LogP contribution is -2.55. The van der Waals surface area contributed by atoms with E-state index in [-0.39, 0.29) is 23.8 Å². The molecule has 25 heavy (non-hydrogen) atoms. The number of carbonyl (C=O) groups excluding carboxylic acids is 1. The Hall–Kier alpha value is -2.15. The van der Waals surface area contributed by atoms with Gasteiger partial charge in [0.15, 0.2) is 0 Å². The van der Waals surface area contributed by atoms with Crippen molar-refractivity contribution in [1.29, 1.82) is 0 Å². The second-order valence-corrected chi connectivity index (χ2v) is 6.96. The van der Waals surface area contributed by atoms with Crippen LogP contribution in [0.25, 0.3) is 0 Å². The summed E-state index contributed by atoms with van der Waals surface area (Å²) in [6, 6.07) is 4.35. The van der Waals surface area contributed by atoms with Gasteiger partial charge in [0, 0.05) is 32.7 Å². The van der Waals surface area contributed by atoms with Crippen LogP contribution in [0.4, 0.5) is 9.18 Å². The van der Waals surface area contributed by atoms with Crippen molar-refractivity contribution in [3.05, 3.63) is 35.1 Å². The van der Waals surface area contributed by atoms with Crippen molar-refractivity contribution in [2.24, 2.45) is 0 Å². The van der Waals surface area contributed by atoms with Crippen LogP contribution in [0.15, 0.2) is 18.2 Å². The van der Waals surface area contributed by atoms with Crippen LogP contribution in [-0.4, -0.2) is 71.1 Å². The lowest BCUT2D eigenvalue weighted by atomic mass is 9.88. The van der Waals surface area contributed by atoms with E-state index in [0.717, 1.165) is 17.7 Å². The summed E-state index contributed by atoms with van der Waals surface area (Å²) in [4.78, 5) is 29.0. The predicted molar refractivity (Wildman–Crippen MR) is 90.8 cm³/mol. The van der Waals surface area contributed by atoms with Crippen molar-refractivity contribution < 1.29 is 19.1 Å². The third-order valence-electron chi connectivity index (χ3n) is 5.41. The van der Waals surface area contributed by atoms with Crippen LogP contribution in [0.5, 0.6) is 0 Å². The van der Waals surface area contributed by atoms with Crippen molar-refractivity contribution in [2.75, 3.05) is 33.2 Å². The van der Waals surface area contributed by atoms with Gasteiger partial charge in [0.1, 0.15) is 5.82 Å². The molecule has 2 heterocycles. The van der Waals surface area contributed by atoms with Crippen LogP contribution >= 0.6 is 0 Å². The topological polar surface area (TPSA) is 64.1 Å². The van der Waals surface area contributed by atoms with Crippen LogP contribution < -0.4 is 0 Å². The van der Waals surface area contributed by atoms with Gasteiger partial charge in [-0.25, -0.2) is 9.18 Å². The molecule has 2 fully saturated rings. The Balaban J connectivity index is 1.83. The lowest BCUT2D eigenvalue weighted by Gasteiger charge is -2.44. The maximum Gasteiger partial charge on any atom is 0.407 e. The molecule has 2 aliphatic rings. The van der Waals surface area contributed by atoms with E-state index >= 15 is 0 Å². The molecule has 1 N–H and O–H groups in total. The molecule has 2 atom stereocenters. The van der Waals surface area contributed by atoms with Crippen molar-refractivity contribution in [3.63, 3.8) is 0 Å². The number of hydrogen-bond donors (Lipinski definition) is 1. The molecular weight excluding hydrogens is 325 g/mol. The molecule has 0 bridgehead atoms. The van der Waals surface area contributed by atoms with Crippen LogP contribution in [0, 0.1) is 12.7 Å². The Morgan fingerprint density at radius 3 is 2.68 bits per heavy atom. The van der Waals surface area contributed by atoms with E-state index in [4.69, 9.17) is 0 Å². The maximum atomic E-state index is 13.4. The largest absolute Gasteiger partial charge is 0.465 e. The number of carboxylic acid groups (broad SMARTS) is 1. The molecule has 136 valence electrons. The van der Waals surface area contributed by atoms with Gasteiger partial charge in [-0.05, 0) is 43.0 Å². The summed E-state index contributed by atoms with van der Waals surface area (Å²) in [6.07, 6.45) is 0.372. The Kier molecular flexibility index (Phi) is 4.94. The highest BCUT2D eigenvalue weighted by Gasteiger charge is 2.37. The highest BCUT2D eigenvalue weighted by atomic mass is 19.1. The van der Waals surface area contributed by atoms with E-state index < -0.39 is 6.09 Å². The van der Waals surface area contributed by atoms with Crippen LogP contribution in [0.1, 0.15) is 30.0 Å². The first-order valence-electron chi connectivity index (χ1n) is 8.60. The molecule has 0 radical (unpaired) electrons. The molecule has 3 rings (SSSR count). The second kappa shape index (κ2) is 7.00. The van der Waals surface area contributed by atoms with E-state index in [1.54, 1.807) is 24.9 Å². The number of nitrogens with zero attached hydrogens (tertiary/aromatic N) is 3. The number of likely N-dealkylation sites (tertiary alicyclic amines) is 1. The number of aryl methyl sites for hydroxylation is 1. The van der Waals surface area contributed by atoms with Crippen LogP contribution in [0.3, 0.4) is 0 Å². The highest BCUT2D eigenvalue weighted by molar-refractivity contribution is 5.78. The standard InChI is InChI=1S/C18H24FN3O3/c1-12-9-13(19)3-4-15(12)16-10-14(5-6-22(16)18(24)25)21-8-7-20(2)17(23)11-21/h3-4,9,14,16H,5-8,10-11H2,1-2H3,(H,24,25)/t14-,16-/m1/s1. The minimum atomic E-state index is -0.957. The van der Waals surface area contributed by atoms with Crippen molar-refractivity contribution in [1.82, 2.24) is 14.7 Å². The minimum absolute atomic E-state index is 0.0985. The number of benzene rings is 1. The van der Waals surface area contributed by atoms with Crippen molar-refractivity contribution in [3.8, 4) is 0 Å². The number of rotatable bonds is 2. The number of piperidine rings is 1. The summed E-state index contributed by atoms with van der Waals surface area (Å²) in [5.41, 5.74) is 1.60. The Bertz CT molecular complexity index is 682. The molecule has 0 aliphatic carbocycles. The van der Waals surface area contributed by atoms with Gasteiger partial charge in [0.05, 0.1) is 12.6 Å². The molecular formula is C18H24FN3O3. The number of likely N-dealkylation sites (N-methyl/N-ethyl adjacent to an activating group) is 1. The Labute approximate surface area is 146 Å². The zero-order valence-corrected chi connectivity index (χ0v) is 14.6. The number of amides is 2. The van der Waals surface area contributed by atoms with E-state index in [1.807, 2.05) is 0 Å². The van der Waals surface area contributed by atoms with E-state index in [1.165, 1.54) is 17.0 Å². The van der Waals surface area contributed by atoms with Gasteiger partial charge >= 0.3 is 6.09 Å². The number of hydrogen-bond acceptors (Lipinski definition) is 3. The predicted octanol–water partition coefficient (Wildman–Crippen LogP) is 2.09. The summed E-state index contributed by atoms with van der Waals surface area (Å²) in [7, 11) is 1.80. The molecule has 0 saturated carbocycles. The first kappa shape index (κ1) is 17.7. The fraction of sp³-hybridized carbons (Fsp3) is 0.556. The number of piperazine rings is 1. The summed E-state index contributed by atoms with van der Waals surface area (Å²) in [6.45, 7) is 4.10. The van der Waals surface area contributed by atoms with Crippen molar-refractivity contribution in [2.45, 2.75) is 31.8 Å². The molecule has 0 aromatic heterocycles. The fourth-order valence-electron chi connectivity index (χ4n) is 3.90. The van der Waals surface area contributed by atoms with Gasteiger partial charge in [-0.2, -0.15) is 0 Å². The lowest BCUT2D eigenvalue weighted by molar-refractivity contribution is -0.136. The van der Waals surface area contributed by atoms with E-state index in [2.05, 4.69) is 4.90 Å². The molecule has 2 saturated heterocycles. The van der Waals surface area contributed by atoms with Crippen molar-refractivity contribution >= 4 is 12.0 Å². The highest BCUT2D eigenvalue weighted by Crippen LogP contribution is 2.35. The average molecular weight is 349 g/mol. The molecule has 6 nitrogen and oxygen atoms in total.